The smallest absolute Gasteiger partial charge is 0.321 e. The number of anilines is 1. The summed E-state index contributed by atoms with van der Waals surface area (Å²) in [5, 5.41) is 12.7. The van der Waals surface area contributed by atoms with E-state index < -0.39 is 22.6 Å². The Morgan fingerprint density at radius 1 is 1.31 bits per heavy atom. The molecular formula is C18H16F2N4O4S. The molecule has 0 saturated carbocycles. The van der Waals surface area contributed by atoms with Gasteiger partial charge in [-0.3, -0.25) is 19.5 Å². The number of nitrogens with zero attached hydrogens (tertiary/aromatic N) is 3. The summed E-state index contributed by atoms with van der Waals surface area (Å²) in [5.74, 6) is -0.303. The van der Waals surface area contributed by atoms with Crippen LogP contribution in [0.25, 0.3) is 11.0 Å². The van der Waals surface area contributed by atoms with Crippen LogP contribution in [0.2, 0.25) is 0 Å². The molecule has 11 heteroatoms. The Bertz CT molecular complexity index is 1070. The number of alkyl halides is 2. The van der Waals surface area contributed by atoms with Gasteiger partial charge in [0.25, 0.3) is 5.69 Å². The molecule has 0 aliphatic carbocycles. The maximum absolute atomic E-state index is 13.5. The van der Waals surface area contributed by atoms with Crippen LogP contribution in [-0.4, -0.2) is 32.7 Å². The number of rotatable bonds is 7. The van der Waals surface area contributed by atoms with Crippen LogP contribution < -0.4 is 10.1 Å². The monoisotopic (exact) mass is 422 g/mol. The fraction of sp³-hybridized carbons (Fsp3) is 0.222. The van der Waals surface area contributed by atoms with Crippen LogP contribution in [-0.2, 0) is 4.79 Å². The topological polar surface area (TPSA) is 99.3 Å². The molecule has 3 aromatic rings. The number of carbonyl (C=O) groups excluding carboxylic acids is 1. The average Bonchev–Trinajstić information content (AvgIpc) is 3.05. The zero-order chi connectivity index (χ0) is 21.1. The summed E-state index contributed by atoms with van der Waals surface area (Å²) in [5.41, 5.74) is 0.545. The van der Waals surface area contributed by atoms with E-state index in [0.29, 0.717) is 5.52 Å². The number of halogens is 2. The van der Waals surface area contributed by atoms with E-state index in [2.05, 4.69) is 10.3 Å². The van der Waals surface area contributed by atoms with Gasteiger partial charge >= 0.3 is 6.55 Å². The normalized spacial score (nSPS) is 12.2. The second kappa shape index (κ2) is 8.43. The molecule has 1 amide bonds. The lowest BCUT2D eigenvalue weighted by Gasteiger charge is -2.14. The third-order valence-electron chi connectivity index (χ3n) is 4.06. The first-order valence-corrected chi connectivity index (χ1v) is 9.25. The van der Waals surface area contributed by atoms with E-state index >= 15 is 0 Å². The highest BCUT2D eigenvalue weighted by Gasteiger charge is 2.24. The summed E-state index contributed by atoms with van der Waals surface area (Å²) in [7, 11) is 1.36. The number of nitrogens with one attached hydrogen (secondary N) is 1. The Kier molecular flexibility index (Phi) is 5.97. The number of amides is 1. The lowest BCUT2D eigenvalue weighted by Crippen LogP contribution is -2.23. The molecule has 1 atom stereocenters. The number of nitro benzene ring substituents is 1. The first-order chi connectivity index (χ1) is 13.8. The van der Waals surface area contributed by atoms with Crippen LogP contribution in [0.4, 0.5) is 20.2 Å². The zero-order valence-electron chi connectivity index (χ0n) is 15.3. The van der Waals surface area contributed by atoms with Gasteiger partial charge in [-0.15, -0.1) is 0 Å². The van der Waals surface area contributed by atoms with E-state index in [1.54, 1.807) is 18.2 Å². The van der Waals surface area contributed by atoms with Gasteiger partial charge in [0.2, 0.25) is 5.91 Å². The van der Waals surface area contributed by atoms with E-state index in [1.807, 2.05) is 0 Å². The van der Waals surface area contributed by atoms with Gasteiger partial charge in [-0.2, -0.15) is 8.78 Å². The number of thioether (sulfide) groups is 1. The highest BCUT2D eigenvalue weighted by atomic mass is 32.2. The van der Waals surface area contributed by atoms with Crippen LogP contribution in [0.15, 0.2) is 47.6 Å². The molecule has 0 bridgehead atoms. The Balaban J connectivity index is 1.84. The highest BCUT2D eigenvalue weighted by molar-refractivity contribution is 8.00. The molecule has 0 aliphatic rings. The number of non-ortho nitro benzene ring substituents is 1. The molecule has 1 N–H and O–H groups in total. The van der Waals surface area contributed by atoms with Crippen molar-refractivity contribution >= 4 is 40.1 Å². The molecule has 0 fully saturated rings. The summed E-state index contributed by atoms with van der Waals surface area (Å²) < 4.78 is 32.9. The Morgan fingerprint density at radius 3 is 2.69 bits per heavy atom. The largest absolute Gasteiger partial charge is 0.495 e. The number of imidazole rings is 1. The molecule has 8 nitrogen and oxygen atoms in total. The van der Waals surface area contributed by atoms with E-state index in [0.717, 1.165) is 16.3 Å². The van der Waals surface area contributed by atoms with Crippen molar-refractivity contribution in [3.63, 3.8) is 0 Å². The average molecular weight is 422 g/mol. The van der Waals surface area contributed by atoms with Gasteiger partial charge in [0.05, 0.1) is 34.0 Å². The van der Waals surface area contributed by atoms with E-state index in [4.69, 9.17) is 4.74 Å². The van der Waals surface area contributed by atoms with Crippen molar-refractivity contribution < 1.29 is 23.2 Å². The van der Waals surface area contributed by atoms with Crippen molar-refractivity contribution in [2.24, 2.45) is 0 Å². The van der Waals surface area contributed by atoms with Gasteiger partial charge in [0.15, 0.2) is 5.16 Å². The molecule has 152 valence electrons. The molecule has 2 aromatic carbocycles. The van der Waals surface area contributed by atoms with Crippen molar-refractivity contribution in [2.45, 2.75) is 23.9 Å². The number of fused-ring (bicyclic) bond motifs is 1. The van der Waals surface area contributed by atoms with Crippen molar-refractivity contribution in [2.75, 3.05) is 12.4 Å². The Hall–Kier alpha value is -3.21. The number of benzene rings is 2. The van der Waals surface area contributed by atoms with Gasteiger partial charge in [-0.25, -0.2) is 4.98 Å². The molecule has 0 radical (unpaired) electrons. The molecule has 0 aliphatic heterocycles. The van der Waals surface area contributed by atoms with Crippen LogP contribution >= 0.6 is 11.8 Å². The fourth-order valence-electron chi connectivity index (χ4n) is 2.65. The molecule has 1 heterocycles. The number of para-hydroxylation sites is 2. The van der Waals surface area contributed by atoms with Gasteiger partial charge < -0.3 is 10.1 Å². The predicted molar refractivity (Wildman–Crippen MR) is 105 cm³/mol. The third-order valence-corrected chi connectivity index (χ3v) is 5.13. The summed E-state index contributed by atoms with van der Waals surface area (Å²) in [4.78, 5) is 27.1. The maximum atomic E-state index is 13.5. The summed E-state index contributed by atoms with van der Waals surface area (Å²) in [6, 6.07) is 10.2. The van der Waals surface area contributed by atoms with Gasteiger partial charge in [-0.05, 0) is 25.1 Å². The minimum Gasteiger partial charge on any atom is -0.495 e. The van der Waals surface area contributed by atoms with Crippen molar-refractivity contribution in [3.05, 3.63) is 52.6 Å². The van der Waals surface area contributed by atoms with Crippen LogP contribution in [0.1, 0.15) is 13.5 Å². The number of ether oxygens (including phenoxy) is 1. The molecule has 0 spiro atoms. The van der Waals surface area contributed by atoms with Crippen molar-refractivity contribution in [1.82, 2.24) is 9.55 Å². The lowest BCUT2D eigenvalue weighted by atomic mass is 10.2. The van der Waals surface area contributed by atoms with Crippen molar-refractivity contribution in [1.29, 1.82) is 0 Å². The van der Waals surface area contributed by atoms with E-state index in [1.165, 1.54) is 38.3 Å². The second-order valence-electron chi connectivity index (χ2n) is 5.92. The molecule has 29 heavy (non-hydrogen) atoms. The zero-order valence-corrected chi connectivity index (χ0v) is 16.2. The number of methoxy groups -OCH3 is 1. The highest BCUT2D eigenvalue weighted by Crippen LogP contribution is 2.33. The molecule has 1 aromatic heterocycles. The Labute approximate surface area is 168 Å². The molecule has 0 saturated heterocycles. The molecule has 1 unspecified atom stereocenters. The first kappa shape index (κ1) is 20.5. The van der Waals surface area contributed by atoms with Gasteiger partial charge in [0, 0.05) is 12.1 Å². The van der Waals surface area contributed by atoms with Crippen molar-refractivity contribution in [3.8, 4) is 5.75 Å². The standard InChI is InChI=1S/C18H16F2N4O4S/c1-10(16(25)21-13-9-11(24(26)27)7-8-15(13)28-2)29-18-22-12-5-3-4-6-14(12)23(18)17(19)20/h3-10,17H,1-2H3,(H,21,25). The van der Waals surface area contributed by atoms with Crippen LogP contribution in [0.3, 0.4) is 0 Å². The fourth-order valence-corrected chi connectivity index (χ4v) is 3.57. The van der Waals surface area contributed by atoms with E-state index in [9.17, 15) is 23.7 Å². The lowest BCUT2D eigenvalue weighted by molar-refractivity contribution is -0.384. The predicted octanol–water partition coefficient (Wildman–Crippen LogP) is 4.47. The summed E-state index contributed by atoms with van der Waals surface area (Å²) in [6.07, 6.45) is 0. The summed E-state index contributed by atoms with van der Waals surface area (Å²) >= 11 is 0.861. The maximum Gasteiger partial charge on any atom is 0.321 e. The second-order valence-corrected chi connectivity index (χ2v) is 7.23. The van der Waals surface area contributed by atoms with Crippen LogP contribution in [0.5, 0.6) is 5.75 Å². The number of hydrogen-bond acceptors (Lipinski definition) is 6. The third kappa shape index (κ3) is 4.29. The molecular weight excluding hydrogens is 406 g/mol. The minimum atomic E-state index is -2.82. The van der Waals surface area contributed by atoms with Gasteiger partial charge in [0.1, 0.15) is 5.75 Å². The summed E-state index contributed by atoms with van der Waals surface area (Å²) in [6.45, 7) is -1.30. The molecule has 3 rings (SSSR count). The minimum absolute atomic E-state index is 0.00476. The Morgan fingerprint density at radius 2 is 2.03 bits per heavy atom. The number of aromatic nitrogens is 2. The number of nitro groups is 1. The van der Waals surface area contributed by atoms with E-state index in [-0.39, 0.29) is 27.8 Å². The first-order valence-electron chi connectivity index (χ1n) is 8.37. The van der Waals surface area contributed by atoms with Gasteiger partial charge in [-0.1, -0.05) is 23.9 Å². The number of hydrogen-bond donors (Lipinski definition) is 1. The van der Waals surface area contributed by atoms with Crippen LogP contribution in [0, 0.1) is 10.1 Å². The SMILES string of the molecule is COc1ccc([N+](=O)[O-])cc1NC(=O)C(C)Sc1nc2ccccc2n1C(F)F. The number of carbonyl (C=O) groups is 1. The quantitative estimate of drug-likeness (QED) is 0.343.